The van der Waals surface area contributed by atoms with E-state index in [2.05, 4.69) is 0 Å². The van der Waals surface area contributed by atoms with E-state index in [9.17, 15) is 14.7 Å². The van der Waals surface area contributed by atoms with E-state index in [4.69, 9.17) is 26.1 Å². The second-order valence-electron chi connectivity index (χ2n) is 8.10. The van der Waals surface area contributed by atoms with E-state index in [1.54, 1.807) is 19.1 Å². The van der Waals surface area contributed by atoms with Crippen molar-refractivity contribution in [3.8, 4) is 11.5 Å². The highest BCUT2D eigenvalue weighted by atomic mass is 35.5. The van der Waals surface area contributed by atoms with Crippen LogP contribution in [-0.2, 0) is 14.3 Å². The minimum absolute atomic E-state index is 0.0141. The number of benzene rings is 2. The van der Waals surface area contributed by atoms with Crippen molar-refractivity contribution in [2.75, 3.05) is 14.2 Å². The van der Waals surface area contributed by atoms with Crippen molar-refractivity contribution in [1.82, 2.24) is 0 Å². The number of aromatic hydroxyl groups is 1. The van der Waals surface area contributed by atoms with E-state index in [0.29, 0.717) is 40.4 Å². The van der Waals surface area contributed by atoms with Gasteiger partial charge in [0.2, 0.25) is 0 Å². The Bertz CT molecular complexity index is 1140. The normalized spacial score (nSPS) is 22.8. The number of esters is 1. The Hall–Kier alpha value is -3.12. The fraction of sp³-hybridized carbons (Fsp3) is 0.320. The maximum Gasteiger partial charge on any atom is 0.315 e. The Morgan fingerprint density at radius 3 is 2.44 bits per heavy atom. The van der Waals surface area contributed by atoms with Crippen LogP contribution in [0.3, 0.4) is 0 Å². The first-order valence-corrected chi connectivity index (χ1v) is 10.7. The lowest BCUT2D eigenvalue weighted by Gasteiger charge is -2.36. The summed E-state index contributed by atoms with van der Waals surface area (Å²) >= 11 is 6.02. The van der Waals surface area contributed by atoms with E-state index in [1.165, 1.54) is 20.3 Å². The first-order chi connectivity index (χ1) is 15.3. The summed E-state index contributed by atoms with van der Waals surface area (Å²) in [6.45, 7) is 1.78. The van der Waals surface area contributed by atoms with Crippen LogP contribution in [0.5, 0.6) is 11.5 Å². The van der Waals surface area contributed by atoms with Gasteiger partial charge in [-0.3, -0.25) is 14.6 Å². The highest BCUT2D eigenvalue weighted by Crippen LogP contribution is 2.47. The zero-order valence-corrected chi connectivity index (χ0v) is 18.8. The summed E-state index contributed by atoms with van der Waals surface area (Å²) in [7, 11) is 2.78. The molecule has 0 spiro atoms. The Morgan fingerprint density at radius 2 is 1.78 bits per heavy atom. The lowest BCUT2D eigenvalue weighted by molar-refractivity contribution is -0.143. The van der Waals surface area contributed by atoms with Gasteiger partial charge in [-0.2, -0.15) is 0 Å². The van der Waals surface area contributed by atoms with Crippen LogP contribution in [0.15, 0.2) is 58.7 Å². The van der Waals surface area contributed by atoms with Crippen LogP contribution in [0.1, 0.15) is 42.7 Å². The van der Waals surface area contributed by atoms with Gasteiger partial charge in [0.05, 0.1) is 14.2 Å². The molecule has 0 amide bonds. The zero-order valence-electron chi connectivity index (χ0n) is 18.1. The van der Waals surface area contributed by atoms with Gasteiger partial charge in [-0.25, -0.2) is 0 Å². The van der Waals surface area contributed by atoms with Crippen molar-refractivity contribution in [3.63, 3.8) is 0 Å². The number of halogens is 1. The number of Topliss-reactive ketones (excluding diaryl/α,β-unsaturated/α-hetero) is 1. The number of ether oxygens (including phenoxy) is 2. The number of nitrogens with zero attached hydrogens (tertiary/aromatic N) is 1. The Labute approximate surface area is 191 Å². The number of hydrogen-bond acceptors (Lipinski definition) is 6. The number of phenolic OH excluding ortho intramolecular Hbond substituents is 1. The lowest BCUT2D eigenvalue weighted by Crippen LogP contribution is -2.37. The fourth-order valence-corrected chi connectivity index (χ4v) is 4.84. The molecule has 2 aliphatic rings. The highest BCUT2D eigenvalue weighted by Gasteiger charge is 2.44. The monoisotopic (exact) mass is 453 g/mol. The molecular weight excluding hydrogens is 430 g/mol. The Kier molecular flexibility index (Phi) is 6.07. The first-order valence-electron chi connectivity index (χ1n) is 10.4. The van der Waals surface area contributed by atoms with Gasteiger partial charge in [0, 0.05) is 34.3 Å². The standard InChI is InChI=1S/C25H24ClNO5/c1-13-22(25(30)32-3)23(15-6-9-19(28)21(12-15)31-2)24-18(27-13)10-16(11-20(24)29)14-4-7-17(26)8-5-14/h4-9,12,16,22-23,28H,10-11H2,1-3H3/t16-,22?,23-/m0/s1. The third-order valence-corrected chi connectivity index (χ3v) is 6.50. The van der Waals surface area contributed by atoms with Crippen LogP contribution in [0.25, 0.3) is 0 Å². The molecule has 2 aromatic carbocycles. The van der Waals surface area contributed by atoms with E-state index >= 15 is 0 Å². The third kappa shape index (κ3) is 3.91. The second-order valence-corrected chi connectivity index (χ2v) is 8.54. The van der Waals surface area contributed by atoms with E-state index in [1.807, 2.05) is 24.3 Å². The molecule has 6 nitrogen and oxygen atoms in total. The molecule has 1 aliphatic carbocycles. The van der Waals surface area contributed by atoms with Crippen molar-refractivity contribution < 1.29 is 24.2 Å². The van der Waals surface area contributed by atoms with Gasteiger partial charge in [0.1, 0.15) is 5.92 Å². The Balaban J connectivity index is 1.82. The molecule has 7 heteroatoms. The molecule has 0 saturated heterocycles. The molecule has 1 N–H and O–H groups in total. The van der Waals surface area contributed by atoms with Crippen LogP contribution < -0.4 is 4.74 Å². The summed E-state index contributed by atoms with van der Waals surface area (Å²) in [5.41, 5.74) is 3.53. The molecule has 0 saturated carbocycles. The van der Waals surface area contributed by atoms with Gasteiger partial charge < -0.3 is 14.6 Å². The van der Waals surface area contributed by atoms with Gasteiger partial charge in [0.15, 0.2) is 17.3 Å². The quantitative estimate of drug-likeness (QED) is 0.672. The van der Waals surface area contributed by atoms with Gasteiger partial charge in [-0.05, 0) is 54.7 Å². The lowest BCUT2D eigenvalue weighted by atomic mass is 9.69. The molecule has 0 bridgehead atoms. The van der Waals surface area contributed by atoms with Crippen molar-refractivity contribution in [2.45, 2.75) is 31.6 Å². The SMILES string of the molecule is COC(=O)C1C(C)=NC2=C(C(=O)C[C@@H](c3ccc(Cl)cc3)C2)[C@H]1c1ccc(O)c(OC)c1. The van der Waals surface area contributed by atoms with Crippen LogP contribution in [0.2, 0.25) is 5.02 Å². The summed E-state index contributed by atoms with van der Waals surface area (Å²) in [5.74, 6) is -1.56. The number of carbonyl (C=O) groups excluding carboxylic acids is 2. The number of hydrogen-bond donors (Lipinski definition) is 1. The molecule has 0 radical (unpaired) electrons. The molecule has 1 heterocycles. The van der Waals surface area contributed by atoms with Crippen molar-refractivity contribution in [2.24, 2.45) is 10.9 Å². The van der Waals surface area contributed by atoms with Crippen LogP contribution >= 0.6 is 11.6 Å². The number of aliphatic imine (C=N–C) groups is 1. The van der Waals surface area contributed by atoms with E-state index in [0.717, 1.165) is 5.56 Å². The molecule has 4 rings (SSSR count). The molecule has 32 heavy (non-hydrogen) atoms. The number of carbonyl (C=O) groups is 2. The van der Waals surface area contributed by atoms with Crippen LogP contribution in [0.4, 0.5) is 0 Å². The molecule has 0 aromatic heterocycles. The molecular formula is C25H24ClNO5. The predicted octanol–water partition coefficient (Wildman–Crippen LogP) is 4.80. The van der Waals surface area contributed by atoms with Gasteiger partial charge in [0.25, 0.3) is 0 Å². The Morgan fingerprint density at radius 1 is 1.09 bits per heavy atom. The summed E-state index contributed by atoms with van der Waals surface area (Å²) in [4.78, 5) is 30.9. The molecule has 2 aromatic rings. The maximum absolute atomic E-state index is 13.5. The van der Waals surface area contributed by atoms with Crippen molar-refractivity contribution in [3.05, 3.63) is 69.9 Å². The second kappa shape index (κ2) is 8.79. The van der Waals surface area contributed by atoms with E-state index in [-0.39, 0.29) is 23.2 Å². The number of allylic oxidation sites excluding steroid dienone is 2. The number of ketones is 1. The number of rotatable bonds is 4. The molecule has 1 unspecified atom stereocenters. The van der Waals surface area contributed by atoms with Crippen molar-refractivity contribution in [1.29, 1.82) is 0 Å². The highest BCUT2D eigenvalue weighted by molar-refractivity contribution is 6.30. The molecule has 166 valence electrons. The smallest absolute Gasteiger partial charge is 0.315 e. The van der Waals surface area contributed by atoms with Gasteiger partial charge in [-0.1, -0.05) is 29.8 Å². The topological polar surface area (TPSA) is 85.2 Å². The summed E-state index contributed by atoms with van der Waals surface area (Å²) in [6, 6.07) is 12.4. The van der Waals surface area contributed by atoms with E-state index < -0.39 is 17.8 Å². The summed E-state index contributed by atoms with van der Waals surface area (Å²) < 4.78 is 10.3. The maximum atomic E-state index is 13.5. The predicted molar refractivity (Wildman–Crippen MR) is 121 cm³/mol. The van der Waals surface area contributed by atoms with Gasteiger partial charge >= 0.3 is 5.97 Å². The van der Waals surface area contributed by atoms with Crippen molar-refractivity contribution >= 4 is 29.1 Å². The number of methoxy groups -OCH3 is 2. The minimum Gasteiger partial charge on any atom is -0.504 e. The average molecular weight is 454 g/mol. The molecule has 1 aliphatic heterocycles. The van der Waals surface area contributed by atoms with Crippen LogP contribution in [0, 0.1) is 5.92 Å². The number of phenols is 1. The van der Waals surface area contributed by atoms with Gasteiger partial charge in [-0.15, -0.1) is 0 Å². The largest absolute Gasteiger partial charge is 0.504 e. The zero-order chi connectivity index (χ0) is 23.0. The summed E-state index contributed by atoms with van der Waals surface area (Å²) in [5, 5.41) is 10.7. The molecule has 3 atom stereocenters. The molecule has 0 fully saturated rings. The minimum atomic E-state index is -0.732. The summed E-state index contributed by atoms with van der Waals surface area (Å²) in [6.07, 6.45) is 0.897. The third-order valence-electron chi connectivity index (χ3n) is 6.25. The average Bonchev–Trinajstić information content (AvgIpc) is 2.78. The first kappa shape index (κ1) is 22.1. The fourth-order valence-electron chi connectivity index (χ4n) is 4.71. The van der Waals surface area contributed by atoms with Crippen LogP contribution in [-0.4, -0.2) is 36.8 Å².